The summed E-state index contributed by atoms with van der Waals surface area (Å²) in [6.45, 7) is 3.50. The van der Waals surface area contributed by atoms with Crippen molar-refractivity contribution >= 4 is 17.7 Å². The summed E-state index contributed by atoms with van der Waals surface area (Å²) in [5.74, 6) is -0.967. The molecule has 1 amide bonds. The smallest absolute Gasteiger partial charge is 0.329 e. The number of aliphatic carboxylic acids is 1. The number of nitrogens with zero attached hydrogens (tertiary/aromatic N) is 2. The van der Waals surface area contributed by atoms with Crippen molar-refractivity contribution in [3.05, 3.63) is 17.8 Å². The predicted octanol–water partition coefficient (Wildman–Crippen LogP) is 0.891. The minimum Gasteiger partial charge on any atom is -0.480 e. The Kier molecular flexibility index (Phi) is 4.80. The zero-order valence-electron chi connectivity index (χ0n) is 11.2. The summed E-state index contributed by atoms with van der Waals surface area (Å²) in [5, 5.41) is 22.0. The van der Waals surface area contributed by atoms with Gasteiger partial charge in [-0.1, -0.05) is 13.3 Å². The van der Waals surface area contributed by atoms with Crippen molar-refractivity contribution in [2.45, 2.75) is 32.2 Å². The Balaban J connectivity index is 2.87. The highest BCUT2D eigenvalue weighted by molar-refractivity contribution is 5.92. The minimum atomic E-state index is -1.10. The lowest BCUT2D eigenvalue weighted by atomic mass is 9.96. The number of carbonyl (C=O) groups is 2. The monoisotopic (exact) mass is 266 g/mol. The quantitative estimate of drug-likeness (QED) is 0.706. The number of hydrogen-bond donors (Lipinski definition) is 3. The molecule has 104 valence electrons. The molecule has 3 N–H and O–H groups in total. The third kappa shape index (κ3) is 3.64. The molecule has 0 fully saturated rings. The Morgan fingerprint density at radius 2 is 2.05 bits per heavy atom. The molecule has 7 nitrogen and oxygen atoms in total. The van der Waals surface area contributed by atoms with Crippen LogP contribution >= 0.6 is 0 Å². The molecule has 1 aromatic heterocycles. The summed E-state index contributed by atoms with van der Waals surface area (Å²) >= 11 is 0. The van der Waals surface area contributed by atoms with Gasteiger partial charge in [-0.2, -0.15) is 0 Å². The fraction of sp³-hybridized carbons (Fsp3) is 0.500. The molecule has 19 heavy (non-hydrogen) atoms. The number of carbonyl (C=O) groups excluding carboxylic acids is 1. The van der Waals surface area contributed by atoms with Crippen LogP contribution in [0.25, 0.3) is 0 Å². The topological polar surface area (TPSA) is 104 Å². The van der Waals surface area contributed by atoms with Crippen LogP contribution in [0.4, 0.5) is 5.82 Å². The van der Waals surface area contributed by atoms with Gasteiger partial charge in [-0.3, -0.25) is 4.79 Å². The molecule has 0 saturated carbocycles. The summed E-state index contributed by atoms with van der Waals surface area (Å²) in [6.07, 6.45) is 1.18. The van der Waals surface area contributed by atoms with Crippen LogP contribution in [0.15, 0.2) is 12.1 Å². The second-order valence-electron chi connectivity index (χ2n) is 4.40. The number of aromatic nitrogens is 2. The number of nitrogens with one attached hydrogen (secondary N) is 2. The highest BCUT2D eigenvalue weighted by Gasteiger charge is 2.32. The lowest BCUT2D eigenvalue weighted by molar-refractivity contribution is -0.142. The number of carboxylic acids is 1. The maximum Gasteiger partial charge on any atom is 0.329 e. The van der Waals surface area contributed by atoms with E-state index in [0.29, 0.717) is 12.2 Å². The van der Waals surface area contributed by atoms with Crippen LogP contribution < -0.4 is 10.6 Å². The molecule has 1 unspecified atom stereocenters. The predicted molar refractivity (Wildman–Crippen MR) is 70.0 cm³/mol. The van der Waals surface area contributed by atoms with Gasteiger partial charge in [-0.15, -0.1) is 10.2 Å². The molecule has 0 aromatic carbocycles. The lowest BCUT2D eigenvalue weighted by Gasteiger charge is -2.26. The van der Waals surface area contributed by atoms with Gasteiger partial charge in [0.1, 0.15) is 11.4 Å². The molecule has 0 aliphatic heterocycles. The fourth-order valence-corrected chi connectivity index (χ4v) is 1.65. The summed E-state index contributed by atoms with van der Waals surface area (Å²) in [7, 11) is 1.50. The van der Waals surface area contributed by atoms with E-state index in [2.05, 4.69) is 20.8 Å². The Morgan fingerprint density at radius 3 is 2.47 bits per heavy atom. The second kappa shape index (κ2) is 6.12. The van der Waals surface area contributed by atoms with E-state index in [4.69, 9.17) is 0 Å². The average molecular weight is 266 g/mol. The first-order valence-electron chi connectivity index (χ1n) is 6.00. The molecule has 1 heterocycles. The molecule has 7 heteroatoms. The fourth-order valence-electron chi connectivity index (χ4n) is 1.65. The maximum absolute atomic E-state index is 11.3. The minimum absolute atomic E-state index is 0.181. The summed E-state index contributed by atoms with van der Waals surface area (Å²) in [5.41, 5.74) is -0.918. The Morgan fingerprint density at radius 1 is 1.37 bits per heavy atom. The van der Waals surface area contributed by atoms with E-state index in [-0.39, 0.29) is 11.6 Å². The van der Waals surface area contributed by atoms with Crippen LogP contribution in [0.5, 0.6) is 0 Å². The van der Waals surface area contributed by atoms with E-state index >= 15 is 0 Å². The molecule has 0 saturated heterocycles. The normalized spacial score (nSPS) is 13.4. The van der Waals surface area contributed by atoms with E-state index in [9.17, 15) is 14.7 Å². The standard InChI is InChI=1S/C12H18N4O3/c1-4-7-12(2,11(18)19)14-9-6-5-8(15-16-9)10(17)13-3/h5-6H,4,7H2,1-3H3,(H,13,17)(H,14,16)(H,18,19). The highest BCUT2D eigenvalue weighted by Crippen LogP contribution is 2.18. The van der Waals surface area contributed by atoms with Crippen LogP contribution in [0.3, 0.4) is 0 Å². The largest absolute Gasteiger partial charge is 0.480 e. The Bertz CT molecular complexity index is 461. The van der Waals surface area contributed by atoms with Crippen molar-refractivity contribution in [3.63, 3.8) is 0 Å². The molecular formula is C12H18N4O3. The molecule has 0 bridgehead atoms. The van der Waals surface area contributed by atoms with E-state index in [1.807, 2.05) is 6.92 Å². The maximum atomic E-state index is 11.3. The van der Waals surface area contributed by atoms with Crippen molar-refractivity contribution in [3.8, 4) is 0 Å². The van der Waals surface area contributed by atoms with Gasteiger partial charge in [-0.25, -0.2) is 4.79 Å². The van der Waals surface area contributed by atoms with E-state index in [1.54, 1.807) is 6.92 Å². The molecule has 0 aliphatic carbocycles. The van der Waals surface area contributed by atoms with E-state index in [0.717, 1.165) is 6.42 Å². The van der Waals surface area contributed by atoms with Gasteiger partial charge in [0, 0.05) is 7.05 Å². The van der Waals surface area contributed by atoms with E-state index in [1.165, 1.54) is 19.2 Å². The van der Waals surface area contributed by atoms with Gasteiger partial charge in [0.15, 0.2) is 5.69 Å². The average Bonchev–Trinajstić information content (AvgIpc) is 2.38. The van der Waals surface area contributed by atoms with Crippen molar-refractivity contribution in [2.75, 3.05) is 12.4 Å². The van der Waals surface area contributed by atoms with Crippen molar-refractivity contribution in [1.29, 1.82) is 0 Å². The van der Waals surface area contributed by atoms with Crippen LogP contribution in [0.2, 0.25) is 0 Å². The zero-order chi connectivity index (χ0) is 14.5. The Labute approximate surface area is 111 Å². The second-order valence-corrected chi connectivity index (χ2v) is 4.40. The number of anilines is 1. The van der Waals surface area contributed by atoms with Crippen LogP contribution in [0.1, 0.15) is 37.2 Å². The first-order chi connectivity index (χ1) is 8.92. The van der Waals surface area contributed by atoms with Crippen LogP contribution in [0, 0.1) is 0 Å². The Hall–Kier alpha value is -2.18. The lowest BCUT2D eigenvalue weighted by Crippen LogP contribution is -2.43. The molecule has 0 aliphatic rings. The number of amides is 1. The molecule has 0 spiro atoms. The summed E-state index contributed by atoms with van der Waals surface area (Å²) in [6, 6.07) is 3.02. The summed E-state index contributed by atoms with van der Waals surface area (Å²) < 4.78 is 0. The zero-order valence-corrected chi connectivity index (χ0v) is 11.2. The molecule has 1 aromatic rings. The van der Waals surface area contributed by atoms with Gasteiger partial charge >= 0.3 is 5.97 Å². The first-order valence-corrected chi connectivity index (χ1v) is 6.00. The van der Waals surface area contributed by atoms with Crippen molar-refractivity contribution in [2.24, 2.45) is 0 Å². The molecular weight excluding hydrogens is 248 g/mol. The van der Waals surface area contributed by atoms with Gasteiger partial charge < -0.3 is 15.7 Å². The molecule has 1 rings (SSSR count). The number of rotatable bonds is 6. The van der Waals surface area contributed by atoms with Crippen molar-refractivity contribution in [1.82, 2.24) is 15.5 Å². The van der Waals surface area contributed by atoms with Crippen LogP contribution in [-0.2, 0) is 4.79 Å². The third-order valence-corrected chi connectivity index (χ3v) is 2.75. The SMILES string of the molecule is CCCC(C)(Nc1ccc(C(=O)NC)nn1)C(=O)O. The molecule has 0 radical (unpaired) electrons. The van der Waals surface area contributed by atoms with E-state index < -0.39 is 11.5 Å². The van der Waals surface area contributed by atoms with Gasteiger partial charge in [0.05, 0.1) is 0 Å². The van der Waals surface area contributed by atoms with Crippen molar-refractivity contribution < 1.29 is 14.7 Å². The van der Waals surface area contributed by atoms with Gasteiger partial charge in [0.2, 0.25) is 0 Å². The first kappa shape index (κ1) is 14.9. The highest BCUT2D eigenvalue weighted by atomic mass is 16.4. The van der Waals surface area contributed by atoms with Crippen LogP contribution in [-0.4, -0.2) is 39.8 Å². The third-order valence-electron chi connectivity index (χ3n) is 2.75. The molecule has 1 atom stereocenters. The number of carboxylic acid groups (broad SMARTS) is 1. The summed E-state index contributed by atoms with van der Waals surface area (Å²) in [4.78, 5) is 22.6. The van der Waals surface area contributed by atoms with Gasteiger partial charge in [0.25, 0.3) is 5.91 Å². The number of hydrogen-bond acceptors (Lipinski definition) is 5. The van der Waals surface area contributed by atoms with Gasteiger partial charge in [-0.05, 0) is 25.5 Å².